The lowest BCUT2D eigenvalue weighted by Crippen LogP contribution is -2.37. The van der Waals surface area contributed by atoms with Gasteiger partial charge in [0.15, 0.2) is 0 Å². The molecule has 9 heteroatoms. The van der Waals surface area contributed by atoms with Gasteiger partial charge >= 0.3 is 0 Å². The highest BCUT2D eigenvalue weighted by atomic mass is 16.2. The van der Waals surface area contributed by atoms with Crippen molar-refractivity contribution in [1.82, 2.24) is 20.2 Å². The van der Waals surface area contributed by atoms with Crippen LogP contribution in [-0.4, -0.2) is 40.4 Å². The minimum absolute atomic E-state index is 0.0122. The molecule has 2 aromatic carbocycles. The van der Waals surface area contributed by atoms with Gasteiger partial charge < -0.3 is 16.0 Å². The SMILES string of the molecule is Cc1ccc(-c2cc(=O)n(CC(=O)NCCNC(=O)c3ccc(NC(=O)C4CC4)cc3)cn2)cc1. The smallest absolute Gasteiger partial charge is 0.254 e. The number of nitrogens with zero attached hydrogens (tertiary/aromatic N) is 2. The Kier molecular flexibility index (Phi) is 7.35. The van der Waals surface area contributed by atoms with E-state index in [1.54, 1.807) is 24.3 Å². The largest absolute Gasteiger partial charge is 0.353 e. The molecule has 0 aliphatic heterocycles. The molecular weight excluding hydrogens is 446 g/mol. The summed E-state index contributed by atoms with van der Waals surface area (Å²) in [4.78, 5) is 52.9. The van der Waals surface area contributed by atoms with Crippen LogP contribution in [0.25, 0.3) is 11.3 Å². The van der Waals surface area contributed by atoms with Gasteiger partial charge in [0.2, 0.25) is 11.8 Å². The quantitative estimate of drug-likeness (QED) is 0.411. The lowest BCUT2D eigenvalue weighted by molar-refractivity contribution is -0.121. The molecule has 3 N–H and O–H groups in total. The molecule has 3 aromatic rings. The monoisotopic (exact) mass is 473 g/mol. The van der Waals surface area contributed by atoms with Crippen LogP contribution in [0.3, 0.4) is 0 Å². The van der Waals surface area contributed by atoms with Gasteiger partial charge in [-0.3, -0.25) is 23.7 Å². The second kappa shape index (κ2) is 10.8. The molecule has 35 heavy (non-hydrogen) atoms. The third-order valence-corrected chi connectivity index (χ3v) is 5.64. The Bertz CT molecular complexity index is 1280. The number of nitrogens with one attached hydrogen (secondary N) is 3. The molecule has 1 aliphatic carbocycles. The van der Waals surface area contributed by atoms with Crippen LogP contribution in [0.2, 0.25) is 0 Å². The van der Waals surface area contributed by atoms with Gasteiger partial charge in [0.25, 0.3) is 11.5 Å². The topological polar surface area (TPSA) is 122 Å². The van der Waals surface area contributed by atoms with E-state index in [1.807, 2.05) is 31.2 Å². The number of hydrogen-bond acceptors (Lipinski definition) is 5. The fraction of sp³-hybridized carbons (Fsp3) is 0.269. The van der Waals surface area contributed by atoms with Crippen LogP contribution in [0.15, 0.2) is 65.7 Å². The molecule has 3 amide bonds. The van der Waals surface area contributed by atoms with Gasteiger partial charge in [0, 0.05) is 41.9 Å². The van der Waals surface area contributed by atoms with E-state index in [0.717, 1.165) is 24.0 Å². The van der Waals surface area contributed by atoms with Crippen LogP contribution in [0.1, 0.15) is 28.8 Å². The maximum atomic E-state index is 12.4. The first kappa shape index (κ1) is 23.9. The summed E-state index contributed by atoms with van der Waals surface area (Å²) < 4.78 is 1.23. The predicted octanol–water partition coefficient (Wildman–Crippen LogP) is 2.11. The van der Waals surface area contributed by atoms with Crippen molar-refractivity contribution in [3.05, 3.63) is 82.4 Å². The summed E-state index contributed by atoms with van der Waals surface area (Å²) in [6.07, 6.45) is 3.21. The van der Waals surface area contributed by atoms with E-state index in [2.05, 4.69) is 20.9 Å². The molecule has 180 valence electrons. The Morgan fingerprint density at radius 3 is 2.31 bits per heavy atom. The van der Waals surface area contributed by atoms with Gasteiger partial charge in [-0.2, -0.15) is 0 Å². The van der Waals surface area contributed by atoms with Crippen molar-refractivity contribution < 1.29 is 14.4 Å². The molecule has 1 aliphatic rings. The number of carbonyl (C=O) groups is 3. The number of aromatic nitrogens is 2. The number of benzene rings is 2. The minimum Gasteiger partial charge on any atom is -0.353 e. The highest BCUT2D eigenvalue weighted by molar-refractivity contribution is 5.96. The summed E-state index contributed by atoms with van der Waals surface area (Å²) in [7, 11) is 0. The van der Waals surface area contributed by atoms with Crippen molar-refractivity contribution in [2.45, 2.75) is 26.3 Å². The van der Waals surface area contributed by atoms with E-state index < -0.39 is 0 Å². The first-order valence-electron chi connectivity index (χ1n) is 11.5. The predicted molar refractivity (Wildman–Crippen MR) is 132 cm³/mol. The maximum absolute atomic E-state index is 12.4. The van der Waals surface area contributed by atoms with E-state index in [4.69, 9.17) is 0 Å². The summed E-state index contributed by atoms with van der Waals surface area (Å²) >= 11 is 0. The van der Waals surface area contributed by atoms with Crippen molar-refractivity contribution >= 4 is 23.4 Å². The van der Waals surface area contributed by atoms with Crippen LogP contribution >= 0.6 is 0 Å². The maximum Gasteiger partial charge on any atom is 0.254 e. The van der Waals surface area contributed by atoms with Gasteiger partial charge in [-0.1, -0.05) is 29.8 Å². The summed E-state index contributed by atoms with van der Waals surface area (Å²) in [5.41, 5.74) is 3.28. The lowest BCUT2D eigenvalue weighted by Gasteiger charge is -2.09. The fourth-order valence-corrected chi connectivity index (χ4v) is 3.41. The van der Waals surface area contributed by atoms with Gasteiger partial charge in [0.1, 0.15) is 6.54 Å². The van der Waals surface area contributed by atoms with Gasteiger partial charge in [-0.25, -0.2) is 4.98 Å². The standard InChI is InChI=1S/C26H27N5O4/c1-17-2-4-18(5-3-17)22-14-24(33)31(16-29-22)15-23(32)27-12-13-28-25(34)19-8-10-21(11-9-19)30-26(35)20-6-7-20/h2-5,8-11,14,16,20H,6-7,12-13,15H2,1H3,(H,27,32)(H,28,34)(H,30,35). The Hall–Kier alpha value is -4.27. The second-order valence-corrected chi connectivity index (χ2v) is 8.55. The molecule has 9 nitrogen and oxygen atoms in total. The Labute approximate surface area is 202 Å². The van der Waals surface area contributed by atoms with E-state index in [0.29, 0.717) is 16.9 Å². The molecule has 0 atom stereocenters. The second-order valence-electron chi connectivity index (χ2n) is 8.55. The summed E-state index contributed by atoms with van der Waals surface area (Å²) in [6.45, 7) is 2.25. The molecule has 1 heterocycles. The van der Waals surface area contributed by atoms with Crippen LogP contribution in [0.5, 0.6) is 0 Å². The van der Waals surface area contributed by atoms with Crippen molar-refractivity contribution in [3.63, 3.8) is 0 Å². The van der Waals surface area contributed by atoms with E-state index in [1.165, 1.54) is 17.0 Å². The van der Waals surface area contributed by atoms with Crippen LogP contribution in [0, 0.1) is 12.8 Å². The molecular formula is C26H27N5O4. The van der Waals surface area contributed by atoms with Crippen LogP contribution < -0.4 is 21.5 Å². The van der Waals surface area contributed by atoms with E-state index in [9.17, 15) is 19.2 Å². The zero-order chi connectivity index (χ0) is 24.8. The average molecular weight is 474 g/mol. The molecule has 4 rings (SSSR count). The van der Waals surface area contributed by atoms with Crippen molar-refractivity contribution in [2.75, 3.05) is 18.4 Å². The third-order valence-electron chi connectivity index (χ3n) is 5.64. The average Bonchev–Trinajstić information content (AvgIpc) is 3.70. The van der Waals surface area contributed by atoms with Gasteiger partial charge in [0.05, 0.1) is 12.0 Å². The summed E-state index contributed by atoms with van der Waals surface area (Å²) in [5.74, 6) is -0.521. The zero-order valence-electron chi connectivity index (χ0n) is 19.4. The highest BCUT2D eigenvalue weighted by Gasteiger charge is 2.29. The summed E-state index contributed by atoms with van der Waals surface area (Å²) in [5, 5.41) is 8.23. The Morgan fingerprint density at radius 2 is 1.66 bits per heavy atom. The molecule has 0 unspecified atom stereocenters. The molecule has 0 saturated heterocycles. The lowest BCUT2D eigenvalue weighted by atomic mass is 10.1. The Balaban J connectivity index is 1.20. The number of amides is 3. The summed E-state index contributed by atoms with van der Waals surface area (Å²) in [6, 6.07) is 15.7. The molecule has 1 aromatic heterocycles. The van der Waals surface area contributed by atoms with Crippen LogP contribution in [-0.2, 0) is 16.1 Å². The highest BCUT2D eigenvalue weighted by Crippen LogP contribution is 2.30. The number of carbonyl (C=O) groups excluding carboxylic acids is 3. The third kappa shape index (κ3) is 6.63. The molecule has 1 fully saturated rings. The van der Waals surface area contributed by atoms with Crippen molar-refractivity contribution in [3.8, 4) is 11.3 Å². The first-order valence-corrected chi connectivity index (χ1v) is 11.5. The number of hydrogen-bond donors (Lipinski definition) is 3. The van der Waals surface area contributed by atoms with Gasteiger partial charge in [-0.15, -0.1) is 0 Å². The fourth-order valence-electron chi connectivity index (χ4n) is 3.41. The van der Waals surface area contributed by atoms with E-state index in [-0.39, 0.29) is 48.8 Å². The molecule has 1 saturated carbocycles. The zero-order valence-corrected chi connectivity index (χ0v) is 19.4. The number of rotatable bonds is 9. The number of anilines is 1. The van der Waals surface area contributed by atoms with E-state index >= 15 is 0 Å². The van der Waals surface area contributed by atoms with Crippen molar-refractivity contribution in [2.24, 2.45) is 5.92 Å². The normalized spacial score (nSPS) is 12.6. The molecule has 0 radical (unpaired) electrons. The molecule has 0 bridgehead atoms. The molecule has 0 spiro atoms. The number of aryl methyl sites for hydroxylation is 1. The Morgan fingerprint density at radius 1 is 0.971 bits per heavy atom. The van der Waals surface area contributed by atoms with Crippen LogP contribution in [0.4, 0.5) is 5.69 Å². The first-order chi connectivity index (χ1) is 16.9. The van der Waals surface area contributed by atoms with Gasteiger partial charge in [-0.05, 0) is 44.0 Å². The minimum atomic E-state index is -0.359. The van der Waals surface area contributed by atoms with Crippen molar-refractivity contribution in [1.29, 1.82) is 0 Å².